The maximum Gasteiger partial charge on any atom is 0.492 e. The van der Waals surface area contributed by atoms with Gasteiger partial charge in [0.05, 0.1) is 15.6 Å². The largest absolute Gasteiger partial charge is 0.492 e. The first-order valence-corrected chi connectivity index (χ1v) is 11.3. The molecule has 5 nitrogen and oxygen atoms in total. The van der Waals surface area contributed by atoms with Crippen LogP contribution in [0.25, 0.3) is 0 Å². The van der Waals surface area contributed by atoms with E-state index in [0.717, 1.165) is 12.1 Å². The van der Waals surface area contributed by atoms with Crippen molar-refractivity contribution in [2.75, 3.05) is 6.61 Å². The van der Waals surface area contributed by atoms with E-state index < -0.39 is 71.0 Å². The van der Waals surface area contributed by atoms with Crippen molar-refractivity contribution in [3.63, 3.8) is 0 Å². The van der Waals surface area contributed by atoms with Crippen LogP contribution in [0.4, 0.5) is 26.3 Å². The molecule has 0 fully saturated rings. The number of nitrogens with two attached hydrogens (primary N) is 1. The molecule has 3 N–H and O–H groups in total. The number of fused-ring (bicyclic) bond motifs is 1. The Kier molecular flexibility index (Phi) is 7.93. The summed E-state index contributed by atoms with van der Waals surface area (Å²) in [5.41, 5.74) is -3.01. The van der Waals surface area contributed by atoms with Crippen molar-refractivity contribution in [2.24, 2.45) is 5.90 Å². The van der Waals surface area contributed by atoms with E-state index in [0.29, 0.717) is 16.6 Å². The third-order valence-corrected chi connectivity index (χ3v) is 6.63. The van der Waals surface area contributed by atoms with Gasteiger partial charge in [0, 0.05) is 0 Å². The summed E-state index contributed by atoms with van der Waals surface area (Å²) < 4.78 is 91.1. The van der Waals surface area contributed by atoms with Crippen LogP contribution in [0.15, 0.2) is 30.3 Å². The van der Waals surface area contributed by atoms with Gasteiger partial charge in [0.25, 0.3) is 0 Å². The minimum atomic E-state index is -5.08. The van der Waals surface area contributed by atoms with E-state index in [9.17, 15) is 31.4 Å². The molecule has 0 spiro atoms. The van der Waals surface area contributed by atoms with Crippen LogP contribution < -0.4 is 16.1 Å². The van der Waals surface area contributed by atoms with Gasteiger partial charge < -0.3 is 14.4 Å². The lowest BCUT2D eigenvalue weighted by molar-refractivity contribution is -0.291. The molecule has 0 aromatic heterocycles. The average molecular weight is 560 g/mol. The Balaban J connectivity index is 2.02. The van der Waals surface area contributed by atoms with Crippen LogP contribution in [0.3, 0.4) is 0 Å². The topological polar surface area (TPSA) is 73.9 Å². The fraction of sp³-hybridized carbons (Fsp3) is 0.455. The first-order valence-electron chi connectivity index (χ1n) is 10.6. The maximum atomic E-state index is 14.5. The van der Waals surface area contributed by atoms with Gasteiger partial charge in [0.2, 0.25) is 5.60 Å². The van der Waals surface area contributed by atoms with Crippen molar-refractivity contribution >= 4 is 35.8 Å². The van der Waals surface area contributed by atoms with Crippen molar-refractivity contribution in [2.45, 2.75) is 56.7 Å². The van der Waals surface area contributed by atoms with E-state index in [-0.39, 0.29) is 0 Å². The van der Waals surface area contributed by atoms with E-state index in [4.69, 9.17) is 33.8 Å². The van der Waals surface area contributed by atoms with Crippen LogP contribution in [0, 0.1) is 0 Å². The number of ether oxygens (including phenoxy) is 1. The molecule has 0 saturated carbocycles. The lowest BCUT2D eigenvalue weighted by atomic mass is 9.75. The number of rotatable bonds is 7. The number of hydrogen-bond acceptors (Lipinski definition) is 5. The summed E-state index contributed by atoms with van der Waals surface area (Å²) in [6, 6.07) is 6.30. The predicted molar refractivity (Wildman–Crippen MR) is 122 cm³/mol. The van der Waals surface area contributed by atoms with Crippen molar-refractivity contribution in [1.29, 1.82) is 0 Å². The second-order valence-electron chi connectivity index (χ2n) is 9.05. The van der Waals surface area contributed by atoms with Gasteiger partial charge in [-0.1, -0.05) is 48.3 Å². The maximum absolute atomic E-state index is 14.5. The van der Waals surface area contributed by atoms with Crippen LogP contribution in [-0.2, 0) is 20.7 Å². The first-order chi connectivity index (χ1) is 16.4. The lowest BCUT2D eigenvalue weighted by Gasteiger charge is -2.36. The molecular weight excluding hydrogens is 538 g/mol. The Labute approximate surface area is 213 Å². The number of hydrogen-bond donors (Lipinski definition) is 2. The van der Waals surface area contributed by atoms with Gasteiger partial charge in [-0.2, -0.15) is 26.3 Å². The Morgan fingerprint density at radius 2 is 1.67 bits per heavy atom. The zero-order valence-electron chi connectivity index (χ0n) is 19.2. The van der Waals surface area contributed by atoms with E-state index >= 15 is 0 Å². The molecule has 2 unspecified atom stereocenters. The molecule has 1 aliphatic heterocycles. The third-order valence-electron chi connectivity index (χ3n) is 6.06. The molecule has 1 aliphatic rings. The van der Waals surface area contributed by atoms with Crippen LogP contribution in [-0.4, -0.2) is 31.1 Å². The van der Waals surface area contributed by atoms with Crippen LogP contribution >= 0.6 is 23.2 Å². The summed E-state index contributed by atoms with van der Waals surface area (Å²) in [6.45, 7) is 3.20. The minimum Gasteiger partial charge on any atom is -0.481 e. The molecule has 2 aromatic rings. The van der Waals surface area contributed by atoms with Crippen molar-refractivity contribution in [3.8, 4) is 5.75 Å². The van der Waals surface area contributed by atoms with Crippen LogP contribution in [0.5, 0.6) is 5.75 Å². The molecule has 0 amide bonds. The van der Waals surface area contributed by atoms with Crippen molar-refractivity contribution in [1.82, 2.24) is 0 Å². The number of halogens is 8. The second-order valence-corrected chi connectivity index (χ2v) is 9.86. The molecule has 2 aromatic carbocycles. The zero-order chi connectivity index (χ0) is 27.3. The van der Waals surface area contributed by atoms with Gasteiger partial charge in [-0.3, -0.25) is 4.84 Å². The van der Waals surface area contributed by atoms with E-state index in [1.54, 1.807) is 32.0 Å². The van der Waals surface area contributed by atoms with Gasteiger partial charge in [-0.15, -0.1) is 0 Å². The third kappa shape index (κ3) is 5.58. The van der Waals surface area contributed by atoms with Gasteiger partial charge >= 0.3 is 19.5 Å². The Morgan fingerprint density at radius 1 is 1.08 bits per heavy atom. The normalized spacial score (nSPS) is 18.1. The summed E-state index contributed by atoms with van der Waals surface area (Å²) >= 11 is 11.9. The quantitative estimate of drug-likeness (QED) is 0.257. The average Bonchev–Trinajstić information content (AvgIpc) is 2.97. The Hall–Kier alpha value is -1.70. The second kappa shape index (κ2) is 9.88. The highest BCUT2D eigenvalue weighted by Crippen LogP contribution is 2.50. The molecule has 0 bridgehead atoms. The number of alkyl halides is 6. The molecule has 3 rings (SSSR count). The molecular formula is C22H22BCl2F6NO4. The SMILES string of the molecule is CC(CC(ON)(c1cc(Cl)c(OCC(F)(F)F)c(Cl)c1)C(F)(F)F)c1ccc2c(c1)C(C)(C)OB2O. The minimum absolute atomic E-state index is 0.479. The standard InChI is InChI=1S/C22H22BCl2F6NO4/c1-11(12-4-5-15-14(6-12)19(2,3)35-23(15)33)9-20(36-32,22(29,30)31)13-7-16(24)18(17(25)8-13)34-10-21(26,27)28/h4-8,11,33H,9-10,32H2,1-3H3. The summed E-state index contributed by atoms with van der Waals surface area (Å²) in [5, 5.41) is 8.92. The molecule has 36 heavy (non-hydrogen) atoms. The fourth-order valence-corrected chi connectivity index (χ4v) is 4.83. The van der Waals surface area contributed by atoms with Crippen molar-refractivity contribution in [3.05, 3.63) is 57.1 Å². The fourth-order valence-electron chi connectivity index (χ4n) is 4.24. The van der Waals surface area contributed by atoms with E-state index in [1.807, 2.05) is 0 Å². The Bertz CT molecular complexity index is 1110. The molecule has 14 heteroatoms. The van der Waals surface area contributed by atoms with Crippen LogP contribution in [0.1, 0.15) is 49.8 Å². The predicted octanol–water partition coefficient (Wildman–Crippen LogP) is 5.73. The van der Waals surface area contributed by atoms with Gasteiger partial charge in [-0.05, 0) is 60.5 Å². The van der Waals surface area contributed by atoms with Gasteiger partial charge in [-0.25, -0.2) is 5.90 Å². The zero-order valence-corrected chi connectivity index (χ0v) is 20.7. The lowest BCUT2D eigenvalue weighted by Crippen LogP contribution is -2.47. The molecule has 198 valence electrons. The highest BCUT2D eigenvalue weighted by atomic mass is 35.5. The highest BCUT2D eigenvalue weighted by molar-refractivity contribution is 6.61. The molecule has 2 atom stereocenters. The Morgan fingerprint density at radius 3 is 2.17 bits per heavy atom. The molecule has 1 heterocycles. The molecule has 0 radical (unpaired) electrons. The smallest absolute Gasteiger partial charge is 0.481 e. The summed E-state index contributed by atoms with van der Waals surface area (Å²) in [4.78, 5) is 4.57. The van der Waals surface area contributed by atoms with E-state index in [2.05, 4.69) is 9.57 Å². The van der Waals surface area contributed by atoms with Crippen LogP contribution in [0.2, 0.25) is 10.0 Å². The summed E-state index contributed by atoms with van der Waals surface area (Å²) in [6.07, 6.45) is -10.5. The molecule has 0 saturated heterocycles. The molecule has 0 aliphatic carbocycles. The number of benzene rings is 2. The van der Waals surface area contributed by atoms with Crippen molar-refractivity contribution < 1.29 is 45.6 Å². The first kappa shape index (κ1) is 28.9. The summed E-state index contributed by atoms with van der Waals surface area (Å²) in [7, 11) is -1.16. The van der Waals surface area contributed by atoms with Gasteiger partial charge in [0.1, 0.15) is 0 Å². The highest BCUT2D eigenvalue weighted by Gasteiger charge is 2.58. The monoisotopic (exact) mass is 559 g/mol. The summed E-state index contributed by atoms with van der Waals surface area (Å²) in [5.74, 6) is 3.78. The van der Waals surface area contributed by atoms with E-state index in [1.165, 1.54) is 6.92 Å². The van der Waals surface area contributed by atoms with Gasteiger partial charge in [0.15, 0.2) is 12.4 Å².